The smallest absolute Gasteiger partial charge is 0.224 e. The molecule has 2 aliphatic rings. The van der Waals surface area contributed by atoms with E-state index in [2.05, 4.69) is 10.6 Å². The lowest BCUT2D eigenvalue weighted by Gasteiger charge is -2.32. The fraction of sp³-hybridized carbons (Fsp3) is 0.500. The predicted octanol–water partition coefficient (Wildman–Crippen LogP) is 1.34. The van der Waals surface area contributed by atoms with Crippen molar-refractivity contribution in [1.82, 2.24) is 0 Å². The number of rotatable bonds is 3. The number of fused-ring (bicyclic) bond motifs is 1. The van der Waals surface area contributed by atoms with Crippen molar-refractivity contribution in [2.45, 2.75) is 31.8 Å². The third kappa shape index (κ3) is 2.51. The number of aliphatic hydroxyl groups excluding tert-OH is 1. The predicted molar refractivity (Wildman–Crippen MR) is 75.0 cm³/mol. The van der Waals surface area contributed by atoms with E-state index in [1.165, 1.54) is 0 Å². The summed E-state index contributed by atoms with van der Waals surface area (Å²) < 4.78 is 0. The van der Waals surface area contributed by atoms with Crippen molar-refractivity contribution in [2.75, 3.05) is 22.9 Å². The number of benzene rings is 1. The summed E-state index contributed by atoms with van der Waals surface area (Å²) in [7, 11) is 0. The van der Waals surface area contributed by atoms with Crippen LogP contribution in [0.2, 0.25) is 0 Å². The van der Waals surface area contributed by atoms with E-state index in [1.54, 1.807) is 0 Å². The minimum atomic E-state index is -0.132. The Morgan fingerprint density at radius 1 is 1.37 bits per heavy atom. The third-order valence-corrected chi connectivity index (χ3v) is 3.96. The molecular weight excluding hydrogens is 242 g/mol. The number of carbonyl (C=O) groups excluding carboxylic acids is 1. The largest absolute Gasteiger partial charge is 0.397 e. The molecule has 0 aromatic heterocycles. The summed E-state index contributed by atoms with van der Waals surface area (Å²) in [6.07, 6.45) is 2.86. The topological polar surface area (TPSA) is 87.4 Å². The van der Waals surface area contributed by atoms with Crippen LogP contribution in [-0.2, 0) is 11.2 Å². The average molecular weight is 261 g/mol. The number of nitrogen functional groups attached to an aromatic ring is 1. The van der Waals surface area contributed by atoms with Crippen molar-refractivity contribution in [2.24, 2.45) is 5.92 Å². The fourth-order valence-electron chi connectivity index (χ4n) is 2.72. The van der Waals surface area contributed by atoms with Gasteiger partial charge in [0.1, 0.15) is 0 Å². The average Bonchev–Trinajstić information content (AvgIpc) is 2.34. The van der Waals surface area contributed by atoms with Gasteiger partial charge in [-0.2, -0.15) is 0 Å². The van der Waals surface area contributed by atoms with Gasteiger partial charge in [-0.1, -0.05) is 0 Å². The van der Waals surface area contributed by atoms with Gasteiger partial charge in [0.2, 0.25) is 5.91 Å². The summed E-state index contributed by atoms with van der Waals surface area (Å²) in [5, 5.41) is 15.4. The molecule has 0 unspecified atom stereocenters. The Labute approximate surface area is 112 Å². The molecule has 1 fully saturated rings. The number of aliphatic hydroxyl groups is 1. The third-order valence-electron chi connectivity index (χ3n) is 3.96. The zero-order chi connectivity index (χ0) is 13.4. The number of nitrogens with one attached hydrogen (secondary N) is 2. The van der Waals surface area contributed by atoms with Crippen LogP contribution < -0.4 is 16.4 Å². The summed E-state index contributed by atoms with van der Waals surface area (Å²) in [5.74, 6) is 0.574. The van der Waals surface area contributed by atoms with Crippen molar-refractivity contribution in [3.63, 3.8) is 0 Å². The Morgan fingerprint density at radius 2 is 2.16 bits per heavy atom. The molecule has 19 heavy (non-hydrogen) atoms. The lowest BCUT2D eigenvalue weighted by Crippen LogP contribution is -2.33. The molecule has 102 valence electrons. The van der Waals surface area contributed by atoms with Gasteiger partial charge in [-0.25, -0.2) is 0 Å². The van der Waals surface area contributed by atoms with Crippen LogP contribution in [0.4, 0.5) is 17.1 Å². The van der Waals surface area contributed by atoms with Crippen molar-refractivity contribution in [3.05, 3.63) is 17.7 Å². The molecule has 0 bridgehead atoms. The molecule has 0 saturated heterocycles. The molecule has 5 nitrogen and oxygen atoms in total. The Kier molecular flexibility index (Phi) is 3.06. The molecular formula is C14H19N3O2. The maximum Gasteiger partial charge on any atom is 0.224 e. The first-order chi connectivity index (χ1) is 9.11. The monoisotopic (exact) mass is 261 g/mol. The summed E-state index contributed by atoms with van der Waals surface area (Å²) in [6.45, 7) is 0.813. The van der Waals surface area contributed by atoms with E-state index in [4.69, 9.17) is 5.73 Å². The number of carbonyl (C=O) groups is 1. The lowest BCUT2D eigenvalue weighted by atomic mass is 9.82. The van der Waals surface area contributed by atoms with Crippen LogP contribution in [0.15, 0.2) is 12.1 Å². The summed E-state index contributed by atoms with van der Waals surface area (Å²) >= 11 is 0. The minimum absolute atomic E-state index is 0.0605. The molecule has 1 saturated carbocycles. The summed E-state index contributed by atoms with van der Waals surface area (Å²) in [4.78, 5) is 11.4. The Balaban J connectivity index is 1.70. The van der Waals surface area contributed by atoms with Gasteiger partial charge in [-0.3, -0.25) is 4.79 Å². The maximum atomic E-state index is 11.4. The van der Waals surface area contributed by atoms with Crippen molar-refractivity contribution >= 4 is 23.0 Å². The first-order valence-corrected chi connectivity index (χ1v) is 6.76. The van der Waals surface area contributed by atoms with E-state index in [0.717, 1.165) is 48.4 Å². The first-order valence-electron chi connectivity index (χ1n) is 6.76. The number of anilines is 3. The highest BCUT2D eigenvalue weighted by Crippen LogP contribution is 2.32. The van der Waals surface area contributed by atoms with Crippen LogP contribution in [-0.4, -0.2) is 23.7 Å². The van der Waals surface area contributed by atoms with Gasteiger partial charge in [-0.05, 0) is 42.9 Å². The van der Waals surface area contributed by atoms with E-state index < -0.39 is 0 Å². The van der Waals surface area contributed by atoms with Crippen LogP contribution >= 0.6 is 0 Å². The van der Waals surface area contributed by atoms with E-state index in [-0.39, 0.29) is 12.0 Å². The number of hydrogen-bond donors (Lipinski definition) is 4. The van der Waals surface area contributed by atoms with Gasteiger partial charge in [0.25, 0.3) is 0 Å². The second kappa shape index (κ2) is 4.74. The molecule has 5 heteroatoms. The normalized spacial score (nSPS) is 25.2. The van der Waals surface area contributed by atoms with Crippen LogP contribution in [0, 0.1) is 5.92 Å². The molecule has 3 rings (SSSR count). The van der Waals surface area contributed by atoms with Gasteiger partial charge in [0, 0.05) is 18.7 Å². The van der Waals surface area contributed by atoms with Gasteiger partial charge < -0.3 is 21.5 Å². The van der Waals surface area contributed by atoms with Crippen molar-refractivity contribution < 1.29 is 9.90 Å². The molecule has 0 radical (unpaired) electrons. The van der Waals surface area contributed by atoms with Crippen LogP contribution in [0.5, 0.6) is 0 Å². The Hall–Kier alpha value is -1.75. The number of aryl methyl sites for hydroxylation is 1. The zero-order valence-electron chi connectivity index (χ0n) is 10.8. The first kappa shape index (κ1) is 12.3. The second-order valence-electron chi connectivity index (χ2n) is 5.52. The van der Waals surface area contributed by atoms with Gasteiger partial charge in [-0.15, -0.1) is 0 Å². The quantitative estimate of drug-likeness (QED) is 0.618. The standard InChI is InChI=1S/C14H19N3O2/c15-11-5-9-1-2-14(19)17-12(9)6-13(11)16-7-8-3-10(18)4-8/h5-6,8,10,16,18H,1-4,7,15H2,(H,17,19). The molecule has 1 aliphatic heterocycles. The minimum Gasteiger partial charge on any atom is -0.397 e. The maximum absolute atomic E-state index is 11.4. The molecule has 0 spiro atoms. The zero-order valence-corrected chi connectivity index (χ0v) is 10.8. The van der Waals surface area contributed by atoms with E-state index in [0.29, 0.717) is 12.3 Å². The Morgan fingerprint density at radius 3 is 2.89 bits per heavy atom. The van der Waals surface area contributed by atoms with Crippen LogP contribution in [0.25, 0.3) is 0 Å². The summed E-state index contributed by atoms with van der Waals surface area (Å²) in [5.41, 5.74) is 9.57. The van der Waals surface area contributed by atoms with Gasteiger partial charge in [0.05, 0.1) is 17.5 Å². The number of nitrogens with two attached hydrogens (primary N) is 1. The van der Waals surface area contributed by atoms with Crippen molar-refractivity contribution in [3.8, 4) is 0 Å². The number of hydrogen-bond acceptors (Lipinski definition) is 4. The SMILES string of the molecule is Nc1cc2c(cc1NCC1CC(O)C1)NC(=O)CC2. The van der Waals surface area contributed by atoms with E-state index in [9.17, 15) is 9.90 Å². The second-order valence-corrected chi connectivity index (χ2v) is 5.52. The highest BCUT2D eigenvalue weighted by Gasteiger charge is 2.27. The fourth-order valence-corrected chi connectivity index (χ4v) is 2.72. The molecule has 1 aromatic rings. The van der Waals surface area contributed by atoms with Crippen LogP contribution in [0.1, 0.15) is 24.8 Å². The van der Waals surface area contributed by atoms with E-state index >= 15 is 0 Å². The van der Waals surface area contributed by atoms with Gasteiger partial charge in [0.15, 0.2) is 0 Å². The molecule has 0 atom stereocenters. The van der Waals surface area contributed by atoms with Crippen molar-refractivity contribution in [1.29, 1.82) is 0 Å². The lowest BCUT2D eigenvalue weighted by molar-refractivity contribution is -0.116. The summed E-state index contributed by atoms with van der Waals surface area (Å²) in [6, 6.07) is 3.85. The Bertz CT molecular complexity index is 510. The molecule has 1 aromatic carbocycles. The highest BCUT2D eigenvalue weighted by molar-refractivity contribution is 5.95. The molecule has 1 aliphatic carbocycles. The number of amides is 1. The molecule has 1 amide bonds. The molecule has 5 N–H and O–H groups in total. The van der Waals surface area contributed by atoms with Crippen LogP contribution in [0.3, 0.4) is 0 Å². The van der Waals surface area contributed by atoms with E-state index in [1.807, 2.05) is 12.1 Å². The molecule has 1 heterocycles. The highest BCUT2D eigenvalue weighted by atomic mass is 16.3. The van der Waals surface area contributed by atoms with Gasteiger partial charge >= 0.3 is 0 Å².